The molecule has 0 spiro atoms. The van der Waals surface area contributed by atoms with Crippen LogP contribution < -0.4 is 4.74 Å². The van der Waals surface area contributed by atoms with Gasteiger partial charge < -0.3 is 14.7 Å². The number of halogens is 2. The zero-order chi connectivity index (χ0) is 16.6. The zero-order valence-corrected chi connectivity index (χ0v) is 12.4. The van der Waals surface area contributed by atoms with E-state index in [0.29, 0.717) is 18.5 Å². The number of likely N-dealkylation sites (tertiary alicyclic amines) is 1. The van der Waals surface area contributed by atoms with Crippen LogP contribution in [0.15, 0.2) is 18.2 Å². The van der Waals surface area contributed by atoms with Crippen molar-refractivity contribution in [2.75, 3.05) is 19.7 Å². The molecule has 3 rings (SSSR count). The summed E-state index contributed by atoms with van der Waals surface area (Å²) in [4.78, 5) is 24.9. The lowest BCUT2D eigenvalue weighted by Gasteiger charge is -2.16. The van der Waals surface area contributed by atoms with Crippen molar-refractivity contribution in [1.82, 2.24) is 4.90 Å². The Morgan fingerprint density at radius 2 is 2.00 bits per heavy atom. The van der Waals surface area contributed by atoms with Crippen LogP contribution in [0.1, 0.15) is 12.8 Å². The van der Waals surface area contributed by atoms with Gasteiger partial charge in [0.1, 0.15) is 5.82 Å². The molecule has 7 heteroatoms. The summed E-state index contributed by atoms with van der Waals surface area (Å²) in [5.74, 6) is -3.26. The summed E-state index contributed by atoms with van der Waals surface area (Å²) in [6, 6.07) is 2.84. The molecule has 23 heavy (non-hydrogen) atoms. The normalized spacial score (nSPS) is 23.8. The van der Waals surface area contributed by atoms with Gasteiger partial charge in [-0.15, -0.1) is 0 Å². The average Bonchev–Trinajstić information content (AvgIpc) is 3.24. The maximum Gasteiger partial charge on any atom is 0.308 e. The molecular formula is C16H17F2NO4. The monoisotopic (exact) mass is 325 g/mol. The number of hydrogen-bond donors (Lipinski definition) is 1. The largest absolute Gasteiger partial charge is 0.481 e. The van der Waals surface area contributed by atoms with Crippen LogP contribution in [0.4, 0.5) is 8.78 Å². The Kier molecular flexibility index (Phi) is 4.19. The second-order valence-corrected chi connectivity index (χ2v) is 6.11. The molecule has 0 aromatic heterocycles. The fourth-order valence-corrected chi connectivity index (χ4v) is 3.12. The van der Waals surface area contributed by atoms with Crippen molar-refractivity contribution in [3.8, 4) is 5.75 Å². The molecule has 1 N–H and O–H groups in total. The van der Waals surface area contributed by atoms with Gasteiger partial charge in [0, 0.05) is 19.2 Å². The minimum absolute atomic E-state index is 0.0148. The van der Waals surface area contributed by atoms with Crippen molar-refractivity contribution in [2.24, 2.45) is 17.8 Å². The van der Waals surface area contributed by atoms with E-state index in [2.05, 4.69) is 0 Å². The Bertz CT molecular complexity index is 633. The van der Waals surface area contributed by atoms with Gasteiger partial charge in [0.05, 0.1) is 5.92 Å². The van der Waals surface area contributed by atoms with Crippen LogP contribution in [-0.2, 0) is 9.59 Å². The minimum atomic E-state index is -0.886. The van der Waals surface area contributed by atoms with E-state index in [0.717, 1.165) is 25.0 Å². The molecule has 0 unspecified atom stereocenters. The second kappa shape index (κ2) is 6.14. The van der Waals surface area contributed by atoms with Gasteiger partial charge in [0.2, 0.25) is 0 Å². The van der Waals surface area contributed by atoms with Crippen LogP contribution in [0.2, 0.25) is 0 Å². The molecule has 0 bridgehead atoms. The number of carbonyl (C=O) groups is 2. The lowest BCUT2D eigenvalue weighted by molar-refractivity contribution is -0.142. The first-order valence-corrected chi connectivity index (χ1v) is 7.54. The first-order chi connectivity index (χ1) is 11.0. The van der Waals surface area contributed by atoms with E-state index in [4.69, 9.17) is 4.74 Å². The Morgan fingerprint density at radius 3 is 2.61 bits per heavy atom. The number of rotatable bonds is 5. The van der Waals surface area contributed by atoms with Gasteiger partial charge in [-0.3, -0.25) is 9.59 Å². The predicted molar refractivity (Wildman–Crippen MR) is 75.8 cm³/mol. The summed E-state index contributed by atoms with van der Waals surface area (Å²) < 4.78 is 31.4. The second-order valence-electron chi connectivity index (χ2n) is 6.11. The van der Waals surface area contributed by atoms with E-state index in [9.17, 15) is 23.5 Å². The summed E-state index contributed by atoms with van der Waals surface area (Å²) in [6.07, 6.45) is 2.02. The molecule has 1 aromatic rings. The third-order valence-corrected chi connectivity index (χ3v) is 4.51. The number of aliphatic carboxylic acids is 1. The van der Waals surface area contributed by atoms with Gasteiger partial charge in [-0.25, -0.2) is 8.78 Å². The van der Waals surface area contributed by atoms with Crippen LogP contribution in [0.5, 0.6) is 5.75 Å². The first-order valence-electron chi connectivity index (χ1n) is 7.54. The third-order valence-electron chi connectivity index (χ3n) is 4.51. The Balaban J connectivity index is 1.59. The van der Waals surface area contributed by atoms with Crippen LogP contribution in [0.3, 0.4) is 0 Å². The molecule has 2 atom stereocenters. The molecule has 1 saturated carbocycles. The Labute approximate surface area is 131 Å². The number of benzene rings is 1. The van der Waals surface area contributed by atoms with Gasteiger partial charge in [-0.05, 0) is 36.8 Å². The number of hydrogen-bond acceptors (Lipinski definition) is 3. The lowest BCUT2D eigenvalue weighted by Crippen LogP contribution is -2.34. The topological polar surface area (TPSA) is 66.8 Å². The number of carboxylic acids is 1. The molecule has 124 valence electrons. The zero-order valence-electron chi connectivity index (χ0n) is 12.4. The van der Waals surface area contributed by atoms with Crippen molar-refractivity contribution in [1.29, 1.82) is 0 Å². The smallest absolute Gasteiger partial charge is 0.308 e. The summed E-state index contributed by atoms with van der Waals surface area (Å²) >= 11 is 0. The van der Waals surface area contributed by atoms with Crippen molar-refractivity contribution >= 4 is 11.9 Å². The fraction of sp³-hybridized carbons (Fsp3) is 0.500. The maximum atomic E-state index is 13.5. The summed E-state index contributed by atoms with van der Waals surface area (Å²) in [5, 5.41) is 9.28. The van der Waals surface area contributed by atoms with Crippen molar-refractivity contribution in [2.45, 2.75) is 12.8 Å². The van der Waals surface area contributed by atoms with Crippen molar-refractivity contribution < 1.29 is 28.2 Å². The van der Waals surface area contributed by atoms with Crippen molar-refractivity contribution in [3.05, 3.63) is 29.8 Å². The SMILES string of the molecule is O=C(O)[C@@H]1CN(C(=O)COc2ccc(F)cc2F)C[C@H]1C1CC1. The lowest BCUT2D eigenvalue weighted by atomic mass is 9.92. The number of carbonyl (C=O) groups excluding carboxylic acids is 1. The highest BCUT2D eigenvalue weighted by Crippen LogP contribution is 2.44. The maximum absolute atomic E-state index is 13.5. The predicted octanol–water partition coefficient (Wildman–Crippen LogP) is 1.91. The van der Waals surface area contributed by atoms with Gasteiger partial charge in [0.15, 0.2) is 18.2 Å². The van der Waals surface area contributed by atoms with Crippen LogP contribution in [0.25, 0.3) is 0 Å². The first kappa shape index (κ1) is 15.7. The van der Waals surface area contributed by atoms with Gasteiger partial charge >= 0.3 is 5.97 Å². The summed E-state index contributed by atoms with van der Waals surface area (Å²) in [6.45, 7) is 0.159. The van der Waals surface area contributed by atoms with Crippen LogP contribution >= 0.6 is 0 Å². The highest BCUT2D eigenvalue weighted by atomic mass is 19.1. The molecule has 1 aliphatic heterocycles. The fourth-order valence-electron chi connectivity index (χ4n) is 3.12. The molecular weight excluding hydrogens is 308 g/mol. The molecule has 1 saturated heterocycles. The Hall–Kier alpha value is -2.18. The number of carboxylic acid groups (broad SMARTS) is 1. The molecule has 1 amide bonds. The Morgan fingerprint density at radius 1 is 1.26 bits per heavy atom. The summed E-state index contributed by atoms with van der Waals surface area (Å²) in [5.41, 5.74) is 0. The molecule has 1 aromatic carbocycles. The van der Waals surface area contributed by atoms with E-state index in [1.807, 2.05) is 0 Å². The minimum Gasteiger partial charge on any atom is -0.481 e. The van der Waals surface area contributed by atoms with E-state index < -0.39 is 30.1 Å². The number of nitrogens with zero attached hydrogens (tertiary/aromatic N) is 1. The standard InChI is InChI=1S/C16H17F2NO4/c17-10-3-4-14(13(18)5-10)23-8-15(20)19-6-11(9-1-2-9)12(7-19)16(21)22/h3-5,9,11-12H,1-2,6-8H2,(H,21,22)/t11-,12+/m0/s1. The highest BCUT2D eigenvalue weighted by molar-refractivity contribution is 5.80. The van der Waals surface area contributed by atoms with E-state index in [1.165, 1.54) is 4.90 Å². The van der Waals surface area contributed by atoms with Crippen molar-refractivity contribution in [3.63, 3.8) is 0 Å². The van der Waals surface area contributed by atoms with E-state index in [-0.39, 0.29) is 24.1 Å². The van der Waals surface area contributed by atoms with E-state index in [1.54, 1.807) is 0 Å². The quantitative estimate of drug-likeness (QED) is 0.898. The molecule has 2 aliphatic rings. The van der Waals surface area contributed by atoms with Gasteiger partial charge in [-0.2, -0.15) is 0 Å². The number of amides is 1. The van der Waals surface area contributed by atoms with Crippen LogP contribution in [-0.4, -0.2) is 41.6 Å². The molecule has 1 aliphatic carbocycles. The molecule has 2 fully saturated rings. The van der Waals surface area contributed by atoms with Gasteiger partial charge in [-0.1, -0.05) is 0 Å². The average molecular weight is 325 g/mol. The summed E-state index contributed by atoms with van der Waals surface area (Å²) in [7, 11) is 0. The number of ether oxygens (including phenoxy) is 1. The molecule has 1 heterocycles. The van der Waals surface area contributed by atoms with Crippen LogP contribution in [0, 0.1) is 29.4 Å². The molecule has 0 radical (unpaired) electrons. The highest BCUT2D eigenvalue weighted by Gasteiger charge is 2.46. The third kappa shape index (κ3) is 3.43. The van der Waals surface area contributed by atoms with E-state index >= 15 is 0 Å². The molecule has 5 nitrogen and oxygen atoms in total. The van der Waals surface area contributed by atoms with Gasteiger partial charge in [0.25, 0.3) is 5.91 Å².